The zero-order valence-electron chi connectivity index (χ0n) is 12.9. The standard InChI is InChI=1S/C17H27NO/c1-12(2)10-15-6-8-16(9-7-15)14(5)17(19)18-11-13(3)4/h6-9,12-14H,10-11H2,1-5H3,(H,18,19). The van der Waals surface area contributed by atoms with E-state index in [9.17, 15) is 4.79 Å². The molecule has 0 fully saturated rings. The van der Waals surface area contributed by atoms with Gasteiger partial charge < -0.3 is 5.32 Å². The van der Waals surface area contributed by atoms with E-state index in [4.69, 9.17) is 0 Å². The van der Waals surface area contributed by atoms with Crippen LogP contribution in [0.3, 0.4) is 0 Å². The quantitative estimate of drug-likeness (QED) is 0.830. The van der Waals surface area contributed by atoms with Gasteiger partial charge in [-0.05, 0) is 36.3 Å². The fourth-order valence-electron chi connectivity index (χ4n) is 2.02. The molecule has 2 heteroatoms. The number of carbonyl (C=O) groups is 1. The fraction of sp³-hybridized carbons (Fsp3) is 0.588. The van der Waals surface area contributed by atoms with Gasteiger partial charge in [0.2, 0.25) is 5.91 Å². The van der Waals surface area contributed by atoms with Crippen LogP contribution in [-0.4, -0.2) is 12.5 Å². The van der Waals surface area contributed by atoms with E-state index < -0.39 is 0 Å². The highest BCUT2D eigenvalue weighted by Gasteiger charge is 2.14. The van der Waals surface area contributed by atoms with Gasteiger partial charge >= 0.3 is 0 Å². The van der Waals surface area contributed by atoms with E-state index in [1.54, 1.807) is 0 Å². The minimum absolute atomic E-state index is 0.0770. The molecule has 1 N–H and O–H groups in total. The van der Waals surface area contributed by atoms with Crippen LogP contribution in [0.4, 0.5) is 0 Å². The maximum absolute atomic E-state index is 12.0. The van der Waals surface area contributed by atoms with Gasteiger partial charge in [0.15, 0.2) is 0 Å². The van der Waals surface area contributed by atoms with Gasteiger partial charge in [0.25, 0.3) is 0 Å². The van der Waals surface area contributed by atoms with Crippen LogP contribution in [0.2, 0.25) is 0 Å². The SMILES string of the molecule is CC(C)CNC(=O)C(C)c1ccc(CC(C)C)cc1. The second-order valence-electron chi connectivity index (χ2n) is 6.20. The average Bonchev–Trinajstić information content (AvgIpc) is 2.35. The molecule has 0 bridgehead atoms. The van der Waals surface area contributed by atoms with Crippen LogP contribution < -0.4 is 5.32 Å². The van der Waals surface area contributed by atoms with Gasteiger partial charge in [0.1, 0.15) is 0 Å². The van der Waals surface area contributed by atoms with Crippen LogP contribution >= 0.6 is 0 Å². The van der Waals surface area contributed by atoms with Crippen molar-refractivity contribution in [1.29, 1.82) is 0 Å². The number of rotatable bonds is 6. The van der Waals surface area contributed by atoms with Crippen molar-refractivity contribution < 1.29 is 4.79 Å². The summed E-state index contributed by atoms with van der Waals surface area (Å²) < 4.78 is 0. The summed E-state index contributed by atoms with van der Waals surface area (Å²) in [7, 11) is 0. The molecule has 0 spiro atoms. The van der Waals surface area contributed by atoms with Crippen molar-refractivity contribution in [2.45, 2.75) is 47.0 Å². The molecule has 1 rings (SSSR count). The lowest BCUT2D eigenvalue weighted by molar-refractivity contribution is -0.122. The molecule has 0 aliphatic heterocycles. The summed E-state index contributed by atoms with van der Waals surface area (Å²) in [4.78, 5) is 12.0. The predicted molar refractivity (Wildman–Crippen MR) is 81.2 cm³/mol. The lowest BCUT2D eigenvalue weighted by Crippen LogP contribution is -2.31. The van der Waals surface area contributed by atoms with Crippen molar-refractivity contribution >= 4 is 5.91 Å². The van der Waals surface area contributed by atoms with Crippen molar-refractivity contribution in [1.82, 2.24) is 5.32 Å². The summed E-state index contributed by atoms with van der Waals surface area (Å²) >= 11 is 0. The van der Waals surface area contributed by atoms with Crippen LogP contribution in [0, 0.1) is 11.8 Å². The van der Waals surface area contributed by atoms with Gasteiger partial charge in [-0.2, -0.15) is 0 Å². The smallest absolute Gasteiger partial charge is 0.227 e. The summed E-state index contributed by atoms with van der Waals surface area (Å²) in [6.45, 7) is 11.4. The molecule has 106 valence electrons. The lowest BCUT2D eigenvalue weighted by Gasteiger charge is -2.14. The summed E-state index contributed by atoms with van der Waals surface area (Å²) in [6.07, 6.45) is 1.09. The molecule has 1 aromatic rings. The van der Waals surface area contributed by atoms with Crippen molar-refractivity contribution in [2.75, 3.05) is 6.54 Å². The highest BCUT2D eigenvalue weighted by atomic mass is 16.1. The predicted octanol–water partition coefficient (Wildman–Crippen LogP) is 3.76. The van der Waals surface area contributed by atoms with Gasteiger partial charge in [-0.15, -0.1) is 0 Å². The van der Waals surface area contributed by atoms with Crippen LogP contribution in [-0.2, 0) is 11.2 Å². The van der Waals surface area contributed by atoms with Crippen molar-refractivity contribution in [3.63, 3.8) is 0 Å². The van der Waals surface area contributed by atoms with Crippen LogP contribution in [0.1, 0.15) is 51.7 Å². The minimum Gasteiger partial charge on any atom is -0.355 e. The highest BCUT2D eigenvalue weighted by Crippen LogP contribution is 2.17. The molecule has 0 heterocycles. The topological polar surface area (TPSA) is 29.1 Å². The molecule has 1 unspecified atom stereocenters. The first-order valence-corrected chi connectivity index (χ1v) is 7.26. The Morgan fingerprint density at radius 1 is 1.00 bits per heavy atom. The maximum atomic E-state index is 12.0. The number of hydrogen-bond donors (Lipinski definition) is 1. The van der Waals surface area contributed by atoms with Crippen LogP contribution in [0.5, 0.6) is 0 Å². The van der Waals surface area contributed by atoms with E-state index in [0.29, 0.717) is 11.8 Å². The third kappa shape index (κ3) is 5.46. The van der Waals surface area contributed by atoms with E-state index in [1.807, 2.05) is 6.92 Å². The molecular formula is C17H27NO. The molecule has 1 amide bonds. The van der Waals surface area contributed by atoms with Crippen molar-refractivity contribution in [2.24, 2.45) is 11.8 Å². The number of nitrogens with one attached hydrogen (secondary N) is 1. The Labute approximate surface area is 117 Å². The molecule has 19 heavy (non-hydrogen) atoms. The highest BCUT2D eigenvalue weighted by molar-refractivity contribution is 5.83. The van der Waals surface area contributed by atoms with Gasteiger partial charge in [-0.3, -0.25) is 4.79 Å². The zero-order chi connectivity index (χ0) is 14.4. The summed E-state index contributed by atoms with van der Waals surface area (Å²) in [5, 5.41) is 2.99. The first kappa shape index (κ1) is 15.7. The Morgan fingerprint density at radius 3 is 2.05 bits per heavy atom. The van der Waals surface area contributed by atoms with E-state index in [0.717, 1.165) is 18.5 Å². The lowest BCUT2D eigenvalue weighted by atomic mass is 9.96. The molecular weight excluding hydrogens is 234 g/mol. The summed E-state index contributed by atoms with van der Waals surface area (Å²) in [5.41, 5.74) is 2.43. The van der Waals surface area contributed by atoms with E-state index in [-0.39, 0.29) is 11.8 Å². The maximum Gasteiger partial charge on any atom is 0.227 e. The first-order valence-electron chi connectivity index (χ1n) is 7.26. The van der Waals surface area contributed by atoms with Crippen LogP contribution in [0.15, 0.2) is 24.3 Å². The number of amides is 1. The molecule has 1 aromatic carbocycles. The van der Waals surface area contributed by atoms with E-state index >= 15 is 0 Å². The molecule has 0 aromatic heterocycles. The second-order valence-corrected chi connectivity index (χ2v) is 6.20. The second kappa shape index (κ2) is 7.32. The monoisotopic (exact) mass is 261 g/mol. The Morgan fingerprint density at radius 2 is 1.58 bits per heavy atom. The largest absolute Gasteiger partial charge is 0.355 e. The van der Waals surface area contributed by atoms with Crippen molar-refractivity contribution in [3.05, 3.63) is 35.4 Å². The Kier molecular flexibility index (Phi) is 6.07. The Bertz CT molecular complexity index is 392. The fourth-order valence-corrected chi connectivity index (χ4v) is 2.02. The summed E-state index contributed by atoms with van der Waals surface area (Å²) in [6, 6.07) is 8.44. The van der Waals surface area contributed by atoms with E-state index in [2.05, 4.69) is 57.3 Å². The minimum atomic E-state index is -0.0770. The number of benzene rings is 1. The molecule has 0 aliphatic carbocycles. The molecule has 2 nitrogen and oxygen atoms in total. The molecule has 1 atom stereocenters. The van der Waals surface area contributed by atoms with Gasteiger partial charge in [-0.25, -0.2) is 0 Å². The molecule has 0 aliphatic rings. The van der Waals surface area contributed by atoms with Gasteiger partial charge in [0, 0.05) is 6.54 Å². The molecule has 0 saturated heterocycles. The van der Waals surface area contributed by atoms with Crippen LogP contribution in [0.25, 0.3) is 0 Å². The molecule has 0 radical (unpaired) electrons. The number of hydrogen-bond acceptors (Lipinski definition) is 1. The first-order chi connectivity index (χ1) is 8.90. The zero-order valence-corrected chi connectivity index (χ0v) is 12.9. The summed E-state index contributed by atoms with van der Waals surface area (Å²) in [5.74, 6) is 1.19. The third-order valence-electron chi connectivity index (χ3n) is 3.20. The van der Waals surface area contributed by atoms with E-state index in [1.165, 1.54) is 5.56 Å². The van der Waals surface area contributed by atoms with Crippen molar-refractivity contribution in [3.8, 4) is 0 Å². The van der Waals surface area contributed by atoms with Gasteiger partial charge in [-0.1, -0.05) is 52.0 Å². The average molecular weight is 261 g/mol. The Balaban J connectivity index is 2.61. The van der Waals surface area contributed by atoms with Gasteiger partial charge in [0.05, 0.1) is 5.92 Å². The Hall–Kier alpha value is -1.31. The third-order valence-corrected chi connectivity index (χ3v) is 3.20. The normalized spacial score (nSPS) is 12.8. The molecule has 0 saturated carbocycles. The number of carbonyl (C=O) groups excluding carboxylic acids is 1.